The van der Waals surface area contributed by atoms with Gasteiger partial charge in [-0.25, -0.2) is 13.2 Å². The van der Waals surface area contributed by atoms with Crippen molar-refractivity contribution in [3.8, 4) is 5.75 Å². The van der Waals surface area contributed by atoms with Crippen LogP contribution in [0.5, 0.6) is 5.75 Å². The van der Waals surface area contributed by atoms with E-state index < -0.39 is 21.6 Å². The number of rotatable bonds is 8. The smallest absolute Gasteiger partial charge is 0.349 e. The second kappa shape index (κ2) is 9.32. The predicted octanol–water partition coefficient (Wildman–Crippen LogP) is 3.47. The van der Waals surface area contributed by atoms with Crippen LogP contribution < -0.4 is 15.7 Å². The van der Waals surface area contributed by atoms with Crippen LogP contribution in [0.2, 0.25) is 0 Å². The number of fused-ring (bicyclic) bond motifs is 1. The highest BCUT2D eigenvalue weighted by Crippen LogP contribution is 2.30. The molecule has 0 aliphatic heterocycles. The van der Waals surface area contributed by atoms with E-state index in [-0.39, 0.29) is 16.1 Å². The first-order valence-electron chi connectivity index (χ1n) is 9.93. The molecule has 0 radical (unpaired) electrons. The molecule has 164 valence electrons. The van der Waals surface area contributed by atoms with Crippen molar-refractivity contribution in [3.63, 3.8) is 0 Å². The molecule has 1 aromatic heterocycles. The molecule has 2 aromatic carbocycles. The van der Waals surface area contributed by atoms with E-state index in [1.807, 2.05) is 0 Å². The fraction of sp³-hybridized carbons (Fsp3) is 0.273. The lowest BCUT2D eigenvalue weighted by Crippen LogP contribution is -2.30. The third-order valence-corrected chi connectivity index (χ3v) is 6.77. The first-order valence-corrected chi connectivity index (χ1v) is 11.4. The lowest BCUT2D eigenvalue weighted by molar-refractivity contribution is 0.102. The Morgan fingerprint density at radius 1 is 1.06 bits per heavy atom. The van der Waals surface area contributed by atoms with Crippen LogP contribution in [0.1, 0.15) is 31.1 Å². The highest BCUT2D eigenvalue weighted by molar-refractivity contribution is 7.89. The molecule has 0 aliphatic carbocycles. The summed E-state index contributed by atoms with van der Waals surface area (Å²) in [6.07, 6.45) is 0. The molecule has 9 heteroatoms. The van der Waals surface area contributed by atoms with Crippen molar-refractivity contribution in [2.24, 2.45) is 0 Å². The third kappa shape index (κ3) is 4.62. The van der Waals surface area contributed by atoms with E-state index in [1.165, 1.54) is 28.6 Å². The molecule has 1 amide bonds. The molecular weight excluding hydrogens is 420 g/mol. The van der Waals surface area contributed by atoms with Gasteiger partial charge in [-0.3, -0.25) is 4.79 Å². The standard InChI is InChI=1S/C22H24N2O6S/c1-4-24(5-2)31(27,28)16-11-12-20(29-6-3)18(14-16)23-21(25)17-13-15-9-7-8-10-19(15)30-22(17)26/h7-14H,4-6H2,1-3H3,(H,23,25). The van der Waals surface area contributed by atoms with Gasteiger partial charge in [0.15, 0.2) is 0 Å². The Bertz CT molecular complexity index is 1260. The molecule has 0 saturated heterocycles. The molecular formula is C22H24N2O6S. The van der Waals surface area contributed by atoms with E-state index in [4.69, 9.17) is 9.15 Å². The molecule has 1 N–H and O–H groups in total. The zero-order valence-corrected chi connectivity index (χ0v) is 18.4. The largest absolute Gasteiger partial charge is 0.492 e. The van der Waals surface area contributed by atoms with Crippen molar-refractivity contribution in [2.75, 3.05) is 25.0 Å². The van der Waals surface area contributed by atoms with Crippen LogP contribution in [0.25, 0.3) is 11.0 Å². The molecule has 1 heterocycles. The quantitative estimate of drug-likeness (QED) is 0.533. The summed E-state index contributed by atoms with van der Waals surface area (Å²) in [7, 11) is -3.75. The summed E-state index contributed by atoms with van der Waals surface area (Å²) in [5.74, 6) is -0.433. The second-order valence-electron chi connectivity index (χ2n) is 6.62. The van der Waals surface area contributed by atoms with Crippen molar-refractivity contribution in [2.45, 2.75) is 25.7 Å². The van der Waals surface area contributed by atoms with Crippen molar-refractivity contribution in [1.82, 2.24) is 4.31 Å². The molecule has 3 aromatic rings. The fourth-order valence-electron chi connectivity index (χ4n) is 3.17. The van der Waals surface area contributed by atoms with Crippen molar-refractivity contribution < 1.29 is 22.4 Å². The van der Waals surface area contributed by atoms with E-state index >= 15 is 0 Å². The van der Waals surface area contributed by atoms with E-state index in [1.54, 1.807) is 45.0 Å². The minimum atomic E-state index is -3.75. The molecule has 0 aliphatic rings. The number of sulfonamides is 1. The Labute approximate surface area is 180 Å². The van der Waals surface area contributed by atoms with Gasteiger partial charge in [-0.15, -0.1) is 0 Å². The van der Waals surface area contributed by atoms with Crippen LogP contribution in [-0.2, 0) is 10.0 Å². The van der Waals surface area contributed by atoms with Gasteiger partial charge in [0.1, 0.15) is 16.9 Å². The summed E-state index contributed by atoms with van der Waals surface area (Å²) < 4.78 is 37.8. The lowest BCUT2D eigenvalue weighted by atomic mass is 10.1. The summed E-state index contributed by atoms with van der Waals surface area (Å²) >= 11 is 0. The van der Waals surface area contributed by atoms with Gasteiger partial charge in [0.2, 0.25) is 10.0 Å². The highest BCUT2D eigenvalue weighted by Gasteiger charge is 2.24. The van der Waals surface area contributed by atoms with Crippen LogP contribution in [0, 0.1) is 0 Å². The summed E-state index contributed by atoms with van der Waals surface area (Å²) in [4.78, 5) is 25.2. The Balaban J connectivity index is 2.02. The van der Waals surface area contributed by atoms with Crippen LogP contribution in [-0.4, -0.2) is 38.3 Å². The molecule has 0 atom stereocenters. The molecule has 0 spiro atoms. The van der Waals surface area contributed by atoms with Crippen LogP contribution in [0.15, 0.2) is 62.6 Å². The predicted molar refractivity (Wildman–Crippen MR) is 118 cm³/mol. The number of amides is 1. The monoisotopic (exact) mass is 444 g/mol. The van der Waals surface area contributed by atoms with Crippen molar-refractivity contribution >= 4 is 32.6 Å². The Hall–Kier alpha value is -3.17. The number of anilines is 1. The van der Waals surface area contributed by atoms with Gasteiger partial charge in [0.25, 0.3) is 5.91 Å². The van der Waals surface area contributed by atoms with E-state index in [0.29, 0.717) is 36.4 Å². The van der Waals surface area contributed by atoms with Crippen LogP contribution >= 0.6 is 0 Å². The number of carbonyl (C=O) groups excluding carboxylic acids is 1. The highest BCUT2D eigenvalue weighted by atomic mass is 32.2. The molecule has 0 unspecified atom stereocenters. The number of para-hydroxylation sites is 1. The molecule has 3 rings (SSSR count). The van der Waals surface area contributed by atoms with E-state index in [0.717, 1.165) is 0 Å². The van der Waals surface area contributed by atoms with Crippen LogP contribution in [0.4, 0.5) is 5.69 Å². The molecule has 31 heavy (non-hydrogen) atoms. The minimum Gasteiger partial charge on any atom is -0.492 e. The zero-order valence-electron chi connectivity index (χ0n) is 17.5. The number of hydrogen-bond donors (Lipinski definition) is 1. The molecule has 8 nitrogen and oxygen atoms in total. The Kier molecular flexibility index (Phi) is 6.77. The van der Waals surface area contributed by atoms with Crippen molar-refractivity contribution in [3.05, 3.63) is 64.5 Å². The van der Waals surface area contributed by atoms with E-state index in [2.05, 4.69) is 5.32 Å². The van der Waals surface area contributed by atoms with Gasteiger partial charge in [-0.05, 0) is 37.3 Å². The maximum absolute atomic E-state index is 12.9. The van der Waals surface area contributed by atoms with Crippen LogP contribution in [0.3, 0.4) is 0 Å². The van der Waals surface area contributed by atoms with Gasteiger partial charge in [-0.1, -0.05) is 32.0 Å². The summed E-state index contributed by atoms with van der Waals surface area (Å²) in [6.45, 7) is 6.19. The summed E-state index contributed by atoms with van der Waals surface area (Å²) in [5, 5.41) is 3.19. The lowest BCUT2D eigenvalue weighted by Gasteiger charge is -2.20. The zero-order chi connectivity index (χ0) is 22.6. The average Bonchev–Trinajstić information content (AvgIpc) is 2.75. The fourth-order valence-corrected chi connectivity index (χ4v) is 4.66. The third-order valence-electron chi connectivity index (χ3n) is 4.73. The Morgan fingerprint density at radius 2 is 1.77 bits per heavy atom. The summed E-state index contributed by atoms with van der Waals surface area (Å²) in [5.41, 5.74) is -0.474. The number of hydrogen-bond acceptors (Lipinski definition) is 6. The molecule has 0 bridgehead atoms. The van der Waals surface area contributed by atoms with Crippen molar-refractivity contribution in [1.29, 1.82) is 0 Å². The number of carbonyl (C=O) groups is 1. The van der Waals surface area contributed by atoms with Gasteiger partial charge in [-0.2, -0.15) is 4.31 Å². The number of nitrogens with zero attached hydrogens (tertiary/aromatic N) is 1. The molecule has 0 saturated carbocycles. The maximum Gasteiger partial charge on any atom is 0.349 e. The first-order chi connectivity index (χ1) is 14.8. The van der Waals surface area contributed by atoms with Gasteiger partial charge < -0.3 is 14.5 Å². The van der Waals surface area contributed by atoms with Gasteiger partial charge in [0.05, 0.1) is 17.2 Å². The van der Waals surface area contributed by atoms with Gasteiger partial charge >= 0.3 is 5.63 Å². The summed E-state index contributed by atoms with van der Waals surface area (Å²) in [6, 6.07) is 12.5. The maximum atomic E-state index is 12.9. The SMILES string of the molecule is CCOc1ccc(S(=O)(=O)N(CC)CC)cc1NC(=O)c1cc2ccccc2oc1=O. The average molecular weight is 445 g/mol. The van der Waals surface area contributed by atoms with Gasteiger partial charge in [0, 0.05) is 18.5 Å². The first kappa shape index (κ1) is 22.5. The number of ether oxygens (including phenoxy) is 1. The normalized spacial score (nSPS) is 11.6. The second-order valence-corrected chi connectivity index (χ2v) is 8.56. The molecule has 0 fully saturated rings. The topological polar surface area (TPSA) is 106 Å². The number of benzene rings is 2. The Morgan fingerprint density at radius 3 is 2.45 bits per heavy atom. The minimum absolute atomic E-state index is 0.0144. The number of nitrogens with one attached hydrogen (secondary N) is 1. The van der Waals surface area contributed by atoms with E-state index in [9.17, 15) is 18.0 Å².